The number of rotatable bonds is 6. The van der Waals surface area contributed by atoms with E-state index in [9.17, 15) is 22.4 Å². The summed E-state index contributed by atoms with van der Waals surface area (Å²) in [6, 6.07) is 6.23. The molecule has 0 aliphatic heterocycles. The lowest BCUT2D eigenvalue weighted by molar-refractivity contribution is 0.543. The number of hydrogen-bond acceptors (Lipinski definition) is 5. The van der Waals surface area contributed by atoms with Crippen molar-refractivity contribution in [3.8, 4) is 6.07 Å². The Morgan fingerprint density at radius 3 is 2.42 bits per heavy atom. The first-order chi connectivity index (χ1) is 12.3. The molecule has 0 radical (unpaired) electrons. The first-order valence-corrected chi connectivity index (χ1v) is 9.73. The van der Waals surface area contributed by atoms with Gasteiger partial charge in [-0.2, -0.15) is 5.26 Å². The Labute approximate surface area is 148 Å². The topological polar surface area (TPSA) is 102 Å². The van der Waals surface area contributed by atoms with Gasteiger partial charge >= 0.3 is 5.69 Å². The lowest BCUT2D eigenvalue weighted by atomic mass is 10.3. The molecule has 0 saturated heterocycles. The molecule has 1 aliphatic rings. The van der Waals surface area contributed by atoms with Gasteiger partial charge in [0.15, 0.2) is 9.84 Å². The highest BCUT2D eigenvalue weighted by Gasteiger charge is 2.27. The van der Waals surface area contributed by atoms with E-state index in [0.717, 1.165) is 29.5 Å². The summed E-state index contributed by atoms with van der Waals surface area (Å²) in [6.45, 7) is -0.111. The van der Waals surface area contributed by atoms with Crippen molar-refractivity contribution in [3.63, 3.8) is 0 Å². The molecule has 0 N–H and O–H groups in total. The van der Waals surface area contributed by atoms with Gasteiger partial charge in [-0.05, 0) is 43.5 Å². The van der Waals surface area contributed by atoms with Crippen LogP contribution in [-0.4, -0.2) is 23.3 Å². The highest BCUT2D eigenvalue weighted by Crippen LogP contribution is 2.33. The second-order valence-corrected chi connectivity index (χ2v) is 8.27. The molecule has 1 aliphatic carbocycles. The van der Waals surface area contributed by atoms with Crippen LogP contribution in [0.2, 0.25) is 0 Å². The molecule has 1 aromatic heterocycles. The molecule has 0 bridgehead atoms. The Balaban J connectivity index is 1.81. The first kappa shape index (κ1) is 18.1. The van der Waals surface area contributed by atoms with Gasteiger partial charge in [0, 0.05) is 18.8 Å². The van der Waals surface area contributed by atoms with E-state index in [1.165, 1.54) is 22.9 Å². The Morgan fingerprint density at radius 2 is 1.85 bits per heavy atom. The largest absolute Gasteiger partial charge is 0.331 e. The molecule has 7 nitrogen and oxygen atoms in total. The molecule has 0 unspecified atom stereocenters. The first-order valence-electron chi connectivity index (χ1n) is 8.08. The van der Waals surface area contributed by atoms with E-state index in [1.807, 2.05) is 0 Å². The van der Waals surface area contributed by atoms with E-state index in [4.69, 9.17) is 5.26 Å². The predicted octanol–water partition coefficient (Wildman–Crippen LogP) is 1.22. The molecule has 3 rings (SSSR count). The Kier molecular flexibility index (Phi) is 4.78. The minimum atomic E-state index is -3.66. The number of hydrogen-bond donors (Lipinski definition) is 0. The van der Waals surface area contributed by atoms with Gasteiger partial charge in [-0.25, -0.2) is 17.6 Å². The summed E-state index contributed by atoms with van der Waals surface area (Å²) in [5.41, 5.74) is -1.39. The third-order valence-corrected chi connectivity index (χ3v) is 6.04. The van der Waals surface area contributed by atoms with Crippen molar-refractivity contribution in [2.24, 2.45) is 0 Å². The molecule has 0 spiro atoms. The highest BCUT2D eigenvalue weighted by molar-refractivity contribution is 7.91. The predicted molar refractivity (Wildman–Crippen MR) is 91.0 cm³/mol. The monoisotopic (exact) mass is 377 g/mol. The van der Waals surface area contributed by atoms with Crippen LogP contribution in [0.5, 0.6) is 0 Å². The second-order valence-electron chi connectivity index (χ2n) is 6.16. The third kappa shape index (κ3) is 3.60. The molecule has 1 saturated carbocycles. The van der Waals surface area contributed by atoms with Crippen molar-refractivity contribution in [3.05, 3.63) is 62.7 Å². The smallest absolute Gasteiger partial charge is 0.296 e. The van der Waals surface area contributed by atoms with Gasteiger partial charge in [0.2, 0.25) is 0 Å². The van der Waals surface area contributed by atoms with Gasteiger partial charge < -0.3 is 0 Å². The van der Waals surface area contributed by atoms with Crippen molar-refractivity contribution in [2.75, 3.05) is 5.75 Å². The van der Waals surface area contributed by atoms with Gasteiger partial charge in [-0.3, -0.25) is 13.9 Å². The van der Waals surface area contributed by atoms with Crippen LogP contribution in [0.3, 0.4) is 0 Å². The van der Waals surface area contributed by atoms with E-state index in [1.54, 1.807) is 6.07 Å². The SMILES string of the molecule is N#Cc1cn(C2CC2)c(=O)n(CCCS(=O)(=O)c2ccc(F)cc2)c1=O. The summed E-state index contributed by atoms with van der Waals surface area (Å²) < 4.78 is 39.7. The number of nitrogens with zero attached hydrogens (tertiary/aromatic N) is 3. The molecule has 136 valence electrons. The van der Waals surface area contributed by atoms with Crippen LogP contribution < -0.4 is 11.2 Å². The molecule has 0 atom stereocenters. The fraction of sp³-hybridized carbons (Fsp3) is 0.353. The van der Waals surface area contributed by atoms with Gasteiger partial charge in [0.05, 0.1) is 10.6 Å². The van der Waals surface area contributed by atoms with Crippen LogP contribution in [0.4, 0.5) is 4.39 Å². The molecule has 2 aromatic rings. The Morgan fingerprint density at radius 1 is 1.19 bits per heavy atom. The number of halogens is 1. The minimum absolute atomic E-state index is 0.00982. The maximum atomic E-state index is 12.9. The molecular weight excluding hydrogens is 361 g/mol. The van der Waals surface area contributed by atoms with E-state index in [-0.39, 0.29) is 35.2 Å². The average molecular weight is 377 g/mol. The van der Waals surface area contributed by atoms with Crippen LogP contribution in [0, 0.1) is 17.1 Å². The van der Waals surface area contributed by atoms with Crippen molar-refractivity contribution >= 4 is 9.84 Å². The summed E-state index contributed by atoms with van der Waals surface area (Å²) in [5.74, 6) is -0.838. The standard InChI is InChI=1S/C17H16FN3O4S/c18-13-2-6-15(7-3-13)26(24,25)9-1-8-20-16(22)12(10-19)11-21(17(20)23)14-4-5-14/h2-3,6-7,11,14H,1,4-5,8-9H2. The molecule has 1 fully saturated rings. The maximum Gasteiger partial charge on any atom is 0.331 e. The van der Waals surface area contributed by atoms with Crippen molar-refractivity contribution in [1.82, 2.24) is 9.13 Å². The van der Waals surface area contributed by atoms with Crippen molar-refractivity contribution in [1.29, 1.82) is 5.26 Å². The molecular formula is C17H16FN3O4S. The summed E-state index contributed by atoms with van der Waals surface area (Å²) in [4.78, 5) is 24.6. The Bertz CT molecular complexity index is 1090. The van der Waals surface area contributed by atoms with Crippen LogP contribution in [0.1, 0.15) is 30.9 Å². The van der Waals surface area contributed by atoms with Crippen LogP contribution >= 0.6 is 0 Å². The normalized spacial score (nSPS) is 14.2. The van der Waals surface area contributed by atoms with E-state index in [2.05, 4.69) is 0 Å². The number of nitriles is 1. The zero-order chi connectivity index (χ0) is 18.9. The zero-order valence-electron chi connectivity index (χ0n) is 13.8. The van der Waals surface area contributed by atoms with Crippen molar-refractivity contribution < 1.29 is 12.8 Å². The van der Waals surface area contributed by atoms with Gasteiger partial charge in [0.25, 0.3) is 5.56 Å². The Hall–Kier alpha value is -2.73. The average Bonchev–Trinajstić information content (AvgIpc) is 3.43. The van der Waals surface area contributed by atoms with Gasteiger partial charge in [-0.1, -0.05) is 0 Å². The number of aromatic nitrogens is 2. The third-order valence-electron chi connectivity index (χ3n) is 4.22. The fourth-order valence-corrected chi connectivity index (χ4v) is 3.98. The fourth-order valence-electron chi connectivity index (χ4n) is 2.68. The highest BCUT2D eigenvalue weighted by atomic mass is 32.2. The van der Waals surface area contributed by atoms with Crippen LogP contribution in [0.25, 0.3) is 0 Å². The van der Waals surface area contributed by atoms with Gasteiger partial charge in [0.1, 0.15) is 17.4 Å². The molecule has 1 heterocycles. The van der Waals surface area contributed by atoms with E-state index >= 15 is 0 Å². The maximum absolute atomic E-state index is 12.9. The zero-order valence-corrected chi connectivity index (χ0v) is 14.6. The second kappa shape index (κ2) is 6.88. The molecule has 1 aromatic carbocycles. The summed E-state index contributed by atoms with van der Waals surface area (Å²) >= 11 is 0. The number of benzene rings is 1. The molecule has 9 heteroatoms. The van der Waals surface area contributed by atoms with E-state index in [0.29, 0.717) is 0 Å². The summed E-state index contributed by atoms with van der Waals surface area (Å²) in [6.07, 6.45) is 2.91. The summed E-state index contributed by atoms with van der Waals surface area (Å²) in [7, 11) is -3.66. The lowest BCUT2D eigenvalue weighted by Crippen LogP contribution is -2.41. The summed E-state index contributed by atoms with van der Waals surface area (Å²) in [5, 5.41) is 9.08. The van der Waals surface area contributed by atoms with Crippen LogP contribution in [-0.2, 0) is 16.4 Å². The van der Waals surface area contributed by atoms with Crippen LogP contribution in [0.15, 0.2) is 44.9 Å². The number of sulfone groups is 1. The quantitative estimate of drug-likeness (QED) is 0.705. The van der Waals surface area contributed by atoms with Gasteiger partial charge in [-0.15, -0.1) is 0 Å². The van der Waals surface area contributed by atoms with E-state index < -0.39 is 26.9 Å². The lowest BCUT2D eigenvalue weighted by Gasteiger charge is -2.10. The molecule has 26 heavy (non-hydrogen) atoms. The van der Waals surface area contributed by atoms with Crippen molar-refractivity contribution in [2.45, 2.75) is 36.7 Å². The minimum Gasteiger partial charge on any atom is -0.296 e. The molecule has 0 amide bonds.